The summed E-state index contributed by atoms with van der Waals surface area (Å²) in [6, 6.07) is 10.6. The van der Waals surface area contributed by atoms with Gasteiger partial charge in [-0.1, -0.05) is 43.6 Å². The summed E-state index contributed by atoms with van der Waals surface area (Å²) in [6.07, 6.45) is -5.62. The summed E-state index contributed by atoms with van der Waals surface area (Å²) in [5, 5.41) is 35.5. The van der Waals surface area contributed by atoms with Crippen LogP contribution in [0.25, 0.3) is 10.8 Å². The predicted octanol–water partition coefficient (Wildman–Crippen LogP) is 6.03. The first kappa shape index (κ1) is 21.6. The Morgan fingerprint density at radius 2 is 1.77 bits per heavy atom. The normalized spacial score (nSPS) is 22.9. The number of benzene rings is 3. The first-order valence-electron chi connectivity index (χ1n) is 9.64. The number of rotatable bonds is 2. The Balaban J connectivity index is 1.95. The molecule has 164 valence electrons. The van der Waals surface area contributed by atoms with Crippen molar-refractivity contribution >= 4 is 28.1 Å². The molecule has 0 heterocycles. The molecule has 0 fully saturated rings. The molecule has 3 aromatic rings. The lowest BCUT2D eigenvalue weighted by Gasteiger charge is -2.49. The van der Waals surface area contributed by atoms with E-state index < -0.39 is 29.7 Å². The SMILES string of the molecule is CC1(C)CC(O)(C(F)(F)F)C(Nc2cccc3cc(O)ccc23)c2ccc(Cl)c(O)c21. The smallest absolute Gasteiger partial charge is 0.419 e. The molecule has 0 saturated carbocycles. The van der Waals surface area contributed by atoms with E-state index in [4.69, 9.17) is 11.6 Å². The Kier molecular flexibility index (Phi) is 4.83. The van der Waals surface area contributed by atoms with Crippen molar-refractivity contribution in [2.45, 2.75) is 43.5 Å². The van der Waals surface area contributed by atoms with E-state index in [-0.39, 0.29) is 27.6 Å². The fourth-order valence-electron chi connectivity index (χ4n) is 4.67. The van der Waals surface area contributed by atoms with Crippen molar-refractivity contribution in [3.63, 3.8) is 0 Å². The molecule has 8 heteroatoms. The average molecular weight is 452 g/mol. The molecule has 0 bridgehead atoms. The van der Waals surface area contributed by atoms with Gasteiger partial charge in [-0.3, -0.25) is 0 Å². The monoisotopic (exact) mass is 451 g/mol. The lowest BCUT2D eigenvalue weighted by atomic mass is 9.63. The second-order valence-electron chi connectivity index (χ2n) is 8.63. The molecule has 0 aliphatic heterocycles. The van der Waals surface area contributed by atoms with Gasteiger partial charge in [-0.05, 0) is 53.1 Å². The van der Waals surface area contributed by atoms with Crippen molar-refractivity contribution in [2.75, 3.05) is 5.32 Å². The van der Waals surface area contributed by atoms with Crippen LogP contribution in [0.2, 0.25) is 5.02 Å². The molecule has 1 aliphatic carbocycles. The minimum absolute atomic E-state index is 0.0285. The highest BCUT2D eigenvalue weighted by molar-refractivity contribution is 6.32. The molecular weight excluding hydrogens is 431 g/mol. The van der Waals surface area contributed by atoms with Crippen LogP contribution in [-0.4, -0.2) is 27.1 Å². The zero-order valence-corrected chi connectivity index (χ0v) is 17.5. The van der Waals surface area contributed by atoms with Gasteiger partial charge in [0.05, 0.1) is 11.1 Å². The molecule has 4 nitrogen and oxygen atoms in total. The number of nitrogens with one attached hydrogen (secondary N) is 1. The molecule has 1 aliphatic rings. The van der Waals surface area contributed by atoms with Crippen molar-refractivity contribution in [3.05, 3.63) is 64.7 Å². The van der Waals surface area contributed by atoms with Crippen molar-refractivity contribution < 1.29 is 28.5 Å². The van der Waals surface area contributed by atoms with Gasteiger partial charge in [0.2, 0.25) is 0 Å². The number of hydrogen-bond donors (Lipinski definition) is 4. The summed E-state index contributed by atoms with van der Waals surface area (Å²) in [7, 11) is 0. The molecule has 2 atom stereocenters. The topological polar surface area (TPSA) is 72.7 Å². The van der Waals surface area contributed by atoms with E-state index in [0.717, 1.165) is 0 Å². The summed E-state index contributed by atoms with van der Waals surface area (Å²) in [5.74, 6) is -0.260. The largest absolute Gasteiger partial charge is 0.508 e. The van der Waals surface area contributed by atoms with Crippen molar-refractivity contribution in [3.8, 4) is 11.5 Å². The van der Waals surface area contributed by atoms with E-state index in [9.17, 15) is 28.5 Å². The maximum Gasteiger partial charge on any atom is 0.419 e. The van der Waals surface area contributed by atoms with E-state index >= 15 is 0 Å². The molecule has 4 rings (SSSR count). The van der Waals surface area contributed by atoms with Gasteiger partial charge in [0.15, 0.2) is 5.60 Å². The zero-order chi connectivity index (χ0) is 22.8. The predicted molar refractivity (Wildman–Crippen MR) is 114 cm³/mol. The van der Waals surface area contributed by atoms with Crippen LogP contribution in [0.1, 0.15) is 37.4 Å². The van der Waals surface area contributed by atoms with Crippen LogP contribution < -0.4 is 5.32 Å². The van der Waals surface area contributed by atoms with Crippen LogP contribution in [-0.2, 0) is 5.41 Å². The first-order valence-corrected chi connectivity index (χ1v) is 10.0. The first-order chi connectivity index (χ1) is 14.3. The molecule has 4 N–H and O–H groups in total. The van der Waals surface area contributed by atoms with E-state index in [1.165, 1.54) is 38.1 Å². The number of alkyl halides is 3. The molecule has 0 aromatic heterocycles. The van der Waals surface area contributed by atoms with Gasteiger partial charge >= 0.3 is 6.18 Å². The van der Waals surface area contributed by atoms with Crippen LogP contribution in [0.3, 0.4) is 0 Å². The summed E-state index contributed by atoms with van der Waals surface area (Å²) in [5.41, 5.74) is -3.57. The summed E-state index contributed by atoms with van der Waals surface area (Å²) in [6.45, 7) is 3.07. The van der Waals surface area contributed by atoms with E-state index in [1.54, 1.807) is 24.3 Å². The van der Waals surface area contributed by atoms with Crippen molar-refractivity contribution in [1.82, 2.24) is 0 Å². The minimum atomic E-state index is -4.95. The Morgan fingerprint density at radius 3 is 2.45 bits per heavy atom. The maximum absolute atomic E-state index is 14.3. The lowest BCUT2D eigenvalue weighted by molar-refractivity contribution is -0.275. The van der Waals surface area contributed by atoms with Gasteiger partial charge in [0.25, 0.3) is 0 Å². The van der Waals surface area contributed by atoms with Gasteiger partial charge in [-0.2, -0.15) is 13.2 Å². The second kappa shape index (κ2) is 6.93. The van der Waals surface area contributed by atoms with Crippen molar-refractivity contribution in [2.24, 2.45) is 0 Å². The number of aliphatic hydroxyl groups is 1. The number of anilines is 1. The highest BCUT2D eigenvalue weighted by Crippen LogP contribution is 2.57. The van der Waals surface area contributed by atoms with E-state index in [0.29, 0.717) is 16.5 Å². The van der Waals surface area contributed by atoms with E-state index in [2.05, 4.69) is 5.32 Å². The van der Waals surface area contributed by atoms with Gasteiger partial charge < -0.3 is 20.6 Å². The van der Waals surface area contributed by atoms with Crippen LogP contribution in [0.15, 0.2) is 48.5 Å². The number of halogens is 4. The van der Waals surface area contributed by atoms with Gasteiger partial charge in [0, 0.05) is 16.6 Å². The fraction of sp³-hybridized carbons (Fsp3) is 0.304. The number of phenolic OH excluding ortho intramolecular Hbond substituents is 2. The number of phenols is 2. The standard InChI is InChI=1S/C23H21ClF3NO3/c1-21(2)11-22(31,23(25,26)27)20(15-8-9-16(24)19(30)18(15)21)28-17-5-3-4-12-10-13(29)6-7-14(12)17/h3-10,20,28-31H,11H2,1-2H3. The van der Waals surface area contributed by atoms with Crippen LogP contribution in [0.4, 0.5) is 18.9 Å². The summed E-state index contributed by atoms with van der Waals surface area (Å²) >= 11 is 6.06. The minimum Gasteiger partial charge on any atom is -0.508 e. The third kappa shape index (κ3) is 3.36. The fourth-order valence-corrected chi connectivity index (χ4v) is 4.83. The quantitative estimate of drug-likeness (QED) is 0.384. The Labute approximate surface area is 181 Å². The highest BCUT2D eigenvalue weighted by Gasteiger charge is 2.64. The third-order valence-corrected chi connectivity index (χ3v) is 6.30. The average Bonchev–Trinajstić information content (AvgIpc) is 2.65. The van der Waals surface area contributed by atoms with Crippen molar-refractivity contribution in [1.29, 1.82) is 0 Å². The summed E-state index contributed by atoms with van der Waals surface area (Å²) in [4.78, 5) is 0. The molecule has 31 heavy (non-hydrogen) atoms. The Bertz CT molecular complexity index is 1180. The molecule has 0 radical (unpaired) electrons. The van der Waals surface area contributed by atoms with Gasteiger partial charge in [0.1, 0.15) is 11.5 Å². The third-order valence-electron chi connectivity index (χ3n) is 5.99. The molecule has 0 saturated heterocycles. The van der Waals surface area contributed by atoms with Crippen LogP contribution in [0, 0.1) is 0 Å². The summed E-state index contributed by atoms with van der Waals surface area (Å²) < 4.78 is 42.8. The van der Waals surface area contributed by atoms with E-state index in [1.807, 2.05) is 0 Å². The molecule has 2 unspecified atom stereocenters. The van der Waals surface area contributed by atoms with Crippen LogP contribution >= 0.6 is 11.6 Å². The molecule has 3 aromatic carbocycles. The highest BCUT2D eigenvalue weighted by atomic mass is 35.5. The van der Waals surface area contributed by atoms with Gasteiger partial charge in [-0.15, -0.1) is 0 Å². The molecule has 0 spiro atoms. The number of aromatic hydroxyl groups is 2. The Morgan fingerprint density at radius 1 is 1.06 bits per heavy atom. The maximum atomic E-state index is 14.3. The lowest BCUT2D eigenvalue weighted by Crippen LogP contribution is -2.58. The molecule has 0 amide bonds. The Hall–Kier alpha value is -2.64. The second-order valence-corrected chi connectivity index (χ2v) is 9.04. The number of fused-ring (bicyclic) bond motifs is 2. The van der Waals surface area contributed by atoms with Crippen LogP contribution in [0.5, 0.6) is 11.5 Å². The zero-order valence-electron chi connectivity index (χ0n) is 16.8. The van der Waals surface area contributed by atoms with Gasteiger partial charge in [-0.25, -0.2) is 0 Å². The molecular formula is C23H21ClF3NO3. The number of hydrogen-bond acceptors (Lipinski definition) is 4.